The maximum absolute atomic E-state index is 12.5. The molecule has 21 heavy (non-hydrogen) atoms. The third-order valence-electron chi connectivity index (χ3n) is 3.47. The fourth-order valence-electron chi connectivity index (χ4n) is 2.32. The molecule has 112 valence electrons. The average Bonchev–Trinajstić information content (AvgIpc) is 2.48. The van der Waals surface area contributed by atoms with Crippen LogP contribution in [0.2, 0.25) is 0 Å². The number of amides is 1. The van der Waals surface area contributed by atoms with Crippen LogP contribution in [0, 0.1) is 11.3 Å². The summed E-state index contributed by atoms with van der Waals surface area (Å²) in [4.78, 5) is 11.9. The fraction of sp³-hybridized carbons (Fsp3) is 0.429. The Morgan fingerprint density at radius 2 is 2.19 bits per heavy atom. The summed E-state index contributed by atoms with van der Waals surface area (Å²) in [6.07, 6.45) is 0.839. The Morgan fingerprint density at radius 3 is 2.86 bits per heavy atom. The van der Waals surface area contributed by atoms with Crippen molar-refractivity contribution < 1.29 is 13.2 Å². The molecule has 6 nitrogen and oxygen atoms in total. The van der Waals surface area contributed by atoms with Crippen LogP contribution in [-0.4, -0.2) is 38.3 Å². The summed E-state index contributed by atoms with van der Waals surface area (Å²) in [6.45, 7) is 2.73. The molecular formula is C14H17N3O3S. The highest BCUT2D eigenvalue weighted by Crippen LogP contribution is 2.22. The van der Waals surface area contributed by atoms with Crippen LogP contribution in [0.25, 0.3) is 0 Å². The van der Waals surface area contributed by atoms with Crippen molar-refractivity contribution in [2.45, 2.75) is 24.7 Å². The summed E-state index contributed by atoms with van der Waals surface area (Å²) in [7, 11) is -3.68. The van der Waals surface area contributed by atoms with E-state index in [4.69, 9.17) is 5.26 Å². The number of benzene rings is 1. The first-order chi connectivity index (χ1) is 10.0. The van der Waals surface area contributed by atoms with Crippen molar-refractivity contribution in [1.29, 1.82) is 5.26 Å². The van der Waals surface area contributed by atoms with Crippen LogP contribution in [0.15, 0.2) is 23.1 Å². The Balaban J connectivity index is 2.38. The molecule has 1 aliphatic rings. The second-order valence-electron chi connectivity index (χ2n) is 4.73. The van der Waals surface area contributed by atoms with Gasteiger partial charge < -0.3 is 5.32 Å². The number of carbonyl (C=O) groups is 1. The minimum Gasteiger partial charge on any atom is -0.352 e. The summed E-state index contributed by atoms with van der Waals surface area (Å²) in [5.41, 5.74) is 1.27. The smallest absolute Gasteiger partial charge is 0.251 e. The minimum atomic E-state index is -3.68. The lowest BCUT2D eigenvalue weighted by Crippen LogP contribution is -2.34. The van der Waals surface area contributed by atoms with Crippen molar-refractivity contribution in [2.75, 3.05) is 19.6 Å². The second kappa shape index (κ2) is 6.24. The molecule has 0 bridgehead atoms. The van der Waals surface area contributed by atoms with Gasteiger partial charge in [0.1, 0.15) is 0 Å². The molecule has 0 atom stereocenters. The summed E-state index contributed by atoms with van der Waals surface area (Å²) in [5, 5.41) is 11.3. The predicted octanol–water partition coefficient (Wildman–Crippen LogP) is 0.897. The minimum absolute atomic E-state index is 0.0955. The first kappa shape index (κ1) is 15.5. The molecule has 0 spiro atoms. The van der Waals surface area contributed by atoms with Gasteiger partial charge in [-0.3, -0.25) is 4.79 Å². The predicted molar refractivity (Wildman–Crippen MR) is 77.1 cm³/mol. The van der Waals surface area contributed by atoms with Crippen LogP contribution in [0.5, 0.6) is 0 Å². The van der Waals surface area contributed by atoms with E-state index in [0.717, 1.165) is 5.56 Å². The Labute approximate surface area is 124 Å². The zero-order valence-corrected chi connectivity index (χ0v) is 12.6. The topological polar surface area (TPSA) is 90.3 Å². The number of hydrogen-bond donors (Lipinski definition) is 1. The summed E-state index contributed by atoms with van der Waals surface area (Å²) in [5.74, 6) is -0.242. The maximum Gasteiger partial charge on any atom is 0.251 e. The van der Waals surface area contributed by atoms with E-state index >= 15 is 0 Å². The van der Waals surface area contributed by atoms with Gasteiger partial charge in [0.15, 0.2) is 0 Å². The molecule has 0 saturated heterocycles. The van der Waals surface area contributed by atoms with Crippen LogP contribution in [0.4, 0.5) is 0 Å². The molecule has 0 saturated carbocycles. The lowest BCUT2D eigenvalue weighted by atomic mass is 10.0. The Kier molecular flexibility index (Phi) is 4.60. The van der Waals surface area contributed by atoms with Gasteiger partial charge in [-0.05, 0) is 24.1 Å². The molecule has 0 fully saturated rings. The van der Waals surface area contributed by atoms with E-state index in [1.54, 1.807) is 13.0 Å². The molecule has 1 aliphatic heterocycles. The molecule has 2 rings (SSSR count). The van der Waals surface area contributed by atoms with Crippen LogP contribution in [0.1, 0.15) is 29.3 Å². The van der Waals surface area contributed by atoms with Crippen molar-refractivity contribution in [3.05, 3.63) is 29.3 Å². The van der Waals surface area contributed by atoms with Crippen molar-refractivity contribution >= 4 is 15.9 Å². The third kappa shape index (κ3) is 3.06. The van der Waals surface area contributed by atoms with Crippen LogP contribution < -0.4 is 5.32 Å². The zero-order chi connectivity index (χ0) is 15.5. The van der Waals surface area contributed by atoms with E-state index in [9.17, 15) is 13.2 Å². The summed E-state index contributed by atoms with van der Waals surface area (Å²) in [6, 6.07) is 6.59. The standard InChI is InChI=1S/C14H17N3O3S/c1-2-17(9-3-7-15)21(19,20)12-5-4-11-6-8-16-14(18)13(11)10-12/h4-5,10H,2-3,6,8-9H2,1H3,(H,16,18). The van der Waals surface area contributed by atoms with E-state index < -0.39 is 10.0 Å². The lowest BCUT2D eigenvalue weighted by Gasteiger charge is -2.21. The second-order valence-corrected chi connectivity index (χ2v) is 6.67. The highest BCUT2D eigenvalue weighted by molar-refractivity contribution is 7.89. The van der Waals surface area contributed by atoms with Gasteiger partial charge in [-0.1, -0.05) is 13.0 Å². The first-order valence-corrected chi connectivity index (χ1v) is 8.23. The molecule has 0 radical (unpaired) electrons. The van der Waals surface area contributed by atoms with Crippen LogP contribution >= 0.6 is 0 Å². The van der Waals surface area contributed by atoms with Gasteiger partial charge in [-0.2, -0.15) is 9.57 Å². The number of nitrogens with zero attached hydrogens (tertiary/aromatic N) is 2. The van der Waals surface area contributed by atoms with Gasteiger partial charge in [-0.25, -0.2) is 8.42 Å². The summed E-state index contributed by atoms with van der Waals surface area (Å²) < 4.78 is 26.3. The van der Waals surface area contributed by atoms with Gasteiger partial charge in [0.25, 0.3) is 5.91 Å². The molecule has 0 aliphatic carbocycles. The molecular weight excluding hydrogens is 290 g/mol. The van der Waals surface area contributed by atoms with Crippen molar-refractivity contribution in [1.82, 2.24) is 9.62 Å². The molecule has 1 heterocycles. The number of rotatable bonds is 5. The van der Waals surface area contributed by atoms with E-state index in [2.05, 4.69) is 5.32 Å². The van der Waals surface area contributed by atoms with Gasteiger partial charge in [0.05, 0.1) is 11.0 Å². The van der Waals surface area contributed by atoms with Crippen LogP contribution in [0.3, 0.4) is 0 Å². The van der Waals surface area contributed by atoms with Crippen molar-refractivity contribution in [3.8, 4) is 6.07 Å². The molecule has 1 N–H and O–H groups in total. The molecule has 7 heteroatoms. The van der Waals surface area contributed by atoms with Gasteiger partial charge >= 0.3 is 0 Å². The molecule has 1 aromatic carbocycles. The quantitative estimate of drug-likeness (QED) is 0.875. The highest BCUT2D eigenvalue weighted by atomic mass is 32.2. The Bertz CT molecular complexity index is 692. The van der Waals surface area contributed by atoms with E-state index in [-0.39, 0.29) is 30.3 Å². The maximum atomic E-state index is 12.5. The number of hydrogen-bond acceptors (Lipinski definition) is 4. The van der Waals surface area contributed by atoms with Crippen molar-refractivity contribution in [2.24, 2.45) is 0 Å². The van der Waals surface area contributed by atoms with Gasteiger partial charge in [0, 0.05) is 31.6 Å². The molecule has 1 aromatic rings. The third-order valence-corrected chi connectivity index (χ3v) is 5.44. The highest BCUT2D eigenvalue weighted by Gasteiger charge is 2.25. The van der Waals surface area contributed by atoms with Gasteiger partial charge in [0.2, 0.25) is 10.0 Å². The fourth-order valence-corrected chi connectivity index (χ4v) is 3.80. The lowest BCUT2D eigenvalue weighted by molar-refractivity contribution is 0.0945. The van der Waals surface area contributed by atoms with E-state index in [1.165, 1.54) is 16.4 Å². The van der Waals surface area contributed by atoms with E-state index in [1.807, 2.05) is 6.07 Å². The monoisotopic (exact) mass is 307 g/mol. The number of fused-ring (bicyclic) bond motifs is 1. The Hall–Kier alpha value is -1.91. The first-order valence-electron chi connectivity index (χ1n) is 6.79. The average molecular weight is 307 g/mol. The van der Waals surface area contributed by atoms with Gasteiger partial charge in [-0.15, -0.1) is 0 Å². The number of nitrogens with one attached hydrogen (secondary N) is 1. The summed E-state index contributed by atoms with van der Waals surface area (Å²) >= 11 is 0. The number of sulfonamides is 1. The number of nitriles is 1. The molecule has 0 unspecified atom stereocenters. The van der Waals surface area contributed by atoms with E-state index in [0.29, 0.717) is 18.5 Å². The Morgan fingerprint density at radius 1 is 1.43 bits per heavy atom. The normalized spacial score (nSPS) is 14.4. The largest absolute Gasteiger partial charge is 0.352 e. The molecule has 1 amide bonds. The zero-order valence-electron chi connectivity index (χ0n) is 11.8. The number of carbonyl (C=O) groups excluding carboxylic acids is 1. The SMILES string of the molecule is CCN(CCC#N)S(=O)(=O)c1ccc2c(c1)C(=O)NCC2. The molecule has 0 aromatic heterocycles. The van der Waals surface area contributed by atoms with Crippen molar-refractivity contribution in [3.63, 3.8) is 0 Å². The van der Waals surface area contributed by atoms with Crippen LogP contribution in [-0.2, 0) is 16.4 Å².